The maximum Gasteiger partial charge on any atom is 0.128 e. The van der Waals surface area contributed by atoms with Crippen LogP contribution in [0.1, 0.15) is 20.3 Å². The molecule has 0 saturated carbocycles. The van der Waals surface area contributed by atoms with Crippen LogP contribution in [-0.2, 0) is 4.74 Å². The van der Waals surface area contributed by atoms with Crippen molar-refractivity contribution in [2.24, 2.45) is 0 Å². The zero-order valence-corrected chi connectivity index (χ0v) is 11.0. The summed E-state index contributed by atoms with van der Waals surface area (Å²) < 4.78 is 18.7. The van der Waals surface area contributed by atoms with Crippen LogP contribution in [0.4, 0.5) is 4.39 Å². The molecule has 0 aliphatic carbocycles. The van der Waals surface area contributed by atoms with Crippen LogP contribution in [0.2, 0.25) is 0 Å². The number of ether oxygens (including phenoxy) is 1. The number of likely N-dealkylation sites (tertiary alicyclic amines) is 1. The summed E-state index contributed by atoms with van der Waals surface area (Å²) in [5, 5.41) is 12.8. The van der Waals surface area contributed by atoms with Crippen molar-refractivity contribution < 1.29 is 14.2 Å². The van der Waals surface area contributed by atoms with E-state index in [9.17, 15) is 9.50 Å². The first-order chi connectivity index (χ1) is 8.02. The molecule has 0 aromatic heterocycles. The Labute approximate surface area is 103 Å². The Morgan fingerprint density at radius 3 is 2.76 bits per heavy atom. The van der Waals surface area contributed by atoms with Crippen LogP contribution in [0.25, 0.3) is 0 Å². The topological polar surface area (TPSA) is 44.7 Å². The van der Waals surface area contributed by atoms with E-state index >= 15 is 0 Å². The van der Waals surface area contributed by atoms with Gasteiger partial charge in [0, 0.05) is 32.3 Å². The second-order valence-electron chi connectivity index (χ2n) is 5.10. The molecule has 0 spiro atoms. The second kappa shape index (κ2) is 7.26. The Morgan fingerprint density at radius 2 is 2.24 bits per heavy atom. The Bertz CT molecular complexity index is 217. The zero-order chi connectivity index (χ0) is 12.8. The molecule has 1 aliphatic heterocycles. The summed E-state index contributed by atoms with van der Waals surface area (Å²) in [6, 6.07) is 0.259. The fraction of sp³-hybridized carbons (Fsp3) is 1.00. The molecule has 0 aromatic carbocycles. The highest BCUT2D eigenvalue weighted by atomic mass is 19.1. The standard InChI is InChI=1S/C12H25FN2O2/c1-9(2)14-12-4-5-15(7-11(12)13)6-10(16)8-17-3/h9-12,14,16H,4-8H2,1-3H3/t10?,11-,12+/m0/s1. The predicted octanol–water partition coefficient (Wildman–Crippen LogP) is 0.404. The van der Waals surface area contributed by atoms with Crippen LogP contribution in [0.15, 0.2) is 0 Å². The SMILES string of the molecule is COCC(O)CN1CC[C@@H](NC(C)C)[C@@H](F)C1. The molecule has 0 amide bonds. The smallest absolute Gasteiger partial charge is 0.128 e. The van der Waals surface area contributed by atoms with Crippen molar-refractivity contribution in [2.75, 3.05) is 33.4 Å². The maximum absolute atomic E-state index is 13.9. The number of piperidine rings is 1. The second-order valence-corrected chi connectivity index (χ2v) is 5.10. The van der Waals surface area contributed by atoms with Gasteiger partial charge in [0.1, 0.15) is 6.17 Å². The molecular weight excluding hydrogens is 223 g/mol. The minimum atomic E-state index is -0.860. The lowest BCUT2D eigenvalue weighted by atomic mass is 10.0. The van der Waals surface area contributed by atoms with Gasteiger partial charge in [0.2, 0.25) is 0 Å². The monoisotopic (exact) mass is 248 g/mol. The van der Waals surface area contributed by atoms with Crippen molar-refractivity contribution in [1.82, 2.24) is 10.2 Å². The van der Waals surface area contributed by atoms with Gasteiger partial charge in [0.15, 0.2) is 0 Å². The van der Waals surface area contributed by atoms with Gasteiger partial charge in [-0.2, -0.15) is 0 Å². The quantitative estimate of drug-likeness (QED) is 0.714. The summed E-state index contributed by atoms with van der Waals surface area (Å²) >= 11 is 0. The van der Waals surface area contributed by atoms with E-state index in [2.05, 4.69) is 5.32 Å². The highest BCUT2D eigenvalue weighted by Crippen LogP contribution is 2.15. The molecule has 2 N–H and O–H groups in total. The van der Waals surface area contributed by atoms with E-state index < -0.39 is 12.3 Å². The summed E-state index contributed by atoms with van der Waals surface area (Å²) in [4.78, 5) is 1.97. The van der Waals surface area contributed by atoms with E-state index in [1.54, 1.807) is 7.11 Å². The fourth-order valence-electron chi connectivity index (χ4n) is 2.29. The van der Waals surface area contributed by atoms with Gasteiger partial charge in [-0.3, -0.25) is 4.90 Å². The number of halogens is 1. The summed E-state index contributed by atoms with van der Waals surface area (Å²) in [6.07, 6.45) is -0.596. The van der Waals surface area contributed by atoms with E-state index in [0.29, 0.717) is 25.7 Å². The normalized spacial score (nSPS) is 28.6. The molecule has 17 heavy (non-hydrogen) atoms. The van der Waals surface area contributed by atoms with Crippen molar-refractivity contribution in [3.05, 3.63) is 0 Å². The van der Waals surface area contributed by atoms with Crippen molar-refractivity contribution in [2.45, 2.75) is 44.6 Å². The Hall–Kier alpha value is -0.230. The highest BCUT2D eigenvalue weighted by Gasteiger charge is 2.29. The minimum Gasteiger partial charge on any atom is -0.389 e. The summed E-state index contributed by atoms with van der Waals surface area (Å²) in [5.41, 5.74) is 0. The van der Waals surface area contributed by atoms with Crippen molar-refractivity contribution >= 4 is 0 Å². The largest absolute Gasteiger partial charge is 0.389 e. The lowest BCUT2D eigenvalue weighted by Crippen LogP contribution is -2.53. The number of alkyl halides is 1. The molecule has 1 heterocycles. The van der Waals surface area contributed by atoms with Gasteiger partial charge in [-0.1, -0.05) is 13.8 Å². The third-order valence-electron chi connectivity index (χ3n) is 3.00. The van der Waals surface area contributed by atoms with Gasteiger partial charge in [-0.15, -0.1) is 0 Å². The number of hydrogen-bond acceptors (Lipinski definition) is 4. The van der Waals surface area contributed by atoms with Crippen LogP contribution in [0.5, 0.6) is 0 Å². The Kier molecular flexibility index (Phi) is 6.33. The number of nitrogens with zero attached hydrogens (tertiary/aromatic N) is 1. The Balaban J connectivity index is 2.31. The van der Waals surface area contributed by atoms with Crippen molar-refractivity contribution in [3.8, 4) is 0 Å². The molecule has 3 atom stereocenters. The minimum absolute atomic E-state index is 0.0502. The first kappa shape index (κ1) is 14.8. The van der Waals surface area contributed by atoms with Crippen molar-refractivity contribution in [3.63, 3.8) is 0 Å². The molecule has 4 nitrogen and oxygen atoms in total. The number of aliphatic hydroxyl groups excluding tert-OH is 1. The number of hydrogen-bond donors (Lipinski definition) is 2. The molecule has 1 unspecified atom stereocenters. The summed E-state index contributed by atoms with van der Waals surface area (Å²) in [7, 11) is 1.56. The molecule has 1 aliphatic rings. The predicted molar refractivity (Wildman–Crippen MR) is 65.9 cm³/mol. The average molecular weight is 248 g/mol. The number of rotatable bonds is 6. The van der Waals surface area contributed by atoms with Gasteiger partial charge in [0.25, 0.3) is 0 Å². The molecule has 0 aromatic rings. The number of aliphatic hydroxyl groups is 1. The van der Waals surface area contributed by atoms with Gasteiger partial charge in [-0.05, 0) is 13.0 Å². The lowest BCUT2D eigenvalue weighted by molar-refractivity contribution is 0.0165. The summed E-state index contributed by atoms with van der Waals surface area (Å²) in [5.74, 6) is 0. The Morgan fingerprint density at radius 1 is 1.53 bits per heavy atom. The molecule has 1 saturated heterocycles. The first-order valence-corrected chi connectivity index (χ1v) is 6.32. The molecule has 102 valence electrons. The number of β-amino-alcohol motifs (C(OH)–C–C–N with tert-alkyl or cyclic N) is 1. The first-order valence-electron chi connectivity index (χ1n) is 6.32. The van der Waals surface area contributed by atoms with Crippen molar-refractivity contribution in [1.29, 1.82) is 0 Å². The van der Waals surface area contributed by atoms with Gasteiger partial charge >= 0.3 is 0 Å². The number of methoxy groups -OCH3 is 1. The lowest BCUT2D eigenvalue weighted by Gasteiger charge is -2.36. The van der Waals surface area contributed by atoms with Gasteiger partial charge in [0.05, 0.1) is 12.7 Å². The molecule has 0 bridgehead atoms. The van der Waals surface area contributed by atoms with Gasteiger partial charge < -0.3 is 15.2 Å². The highest BCUT2D eigenvalue weighted by molar-refractivity contribution is 4.86. The number of nitrogens with one attached hydrogen (secondary N) is 1. The molecule has 5 heteroatoms. The van der Waals surface area contributed by atoms with Crippen LogP contribution in [0.3, 0.4) is 0 Å². The summed E-state index contributed by atoms with van der Waals surface area (Å²) in [6.45, 7) is 6.07. The third-order valence-corrected chi connectivity index (χ3v) is 3.00. The van der Waals surface area contributed by atoms with Crippen LogP contribution in [-0.4, -0.2) is 67.7 Å². The molecule has 1 rings (SSSR count). The fourth-order valence-corrected chi connectivity index (χ4v) is 2.29. The van der Waals surface area contributed by atoms with Crippen LogP contribution >= 0.6 is 0 Å². The van der Waals surface area contributed by atoms with Crippen LogP contribution < -0.4 is 5.32 Å². The maximum atomic E-state index is 13.9. The van der Waals surface area contributed by atoms with Gasteiger partial charge in [-0.25, -0.2) is 4.39 Å². The van der Waals surface area contributed by atoms with E-state index in [0.717, 1.165) is 13.0 Å². The van der Waals surface area contributed by atoms with E-state index in [1.807, 2.05) is 18.7 Å². The average Bonchev–Trinajstić information content (AvgIpc) is 2.22. The molecule has 1 fully saturated rings. The molecule has 0 radical (unpaired) electrons. The van der Waals surface area contributed by atoms with E-state index in [1.165, 1.54) is 0 Å². The third kappa shape index (κ3) is 5.29. The molecular formula is C12H25FN2O2. The van der Waals surface area contributed by atoms with E-state index in [-0.39, 0.29) is 6.04 Å². The zero-order valence-electron chi connectivity index (χ0n) is 11.0. The van der Waals surface area contributed by atoms with Crippen LogP contribution in [0, 0.1) is 0 Å². The van der Waals surface area contributed by atoms with E-state index in [4.69, 9.17) is 4.74 Å².